The van der Waals surface area contributed by atoms with Crippen molar-refractivity contribution in [1.29, 1.82) is 0 Å². The molecule has 3 aromatic rings. The van der Waals surface area contributed by atoms with E-state index in [1.807, 2.05) is 29.6 Å². The van der Waals surface area contributed by atoms with Gasteiger partial charge in [0.15, 0.2) is 0 Å². The Bertz CT molecular complexity index is 1000. The van der Waals surface area contributed by atoms with E-state index < -0.39 is 29.7 Å². The smallest absolute Gasteiger partial charge is 0.326 e. The highest BCUT2D eigenvalue weighted by molar-refractivity contribution is 7.17. The van der Waals surface area contributed by atoms with Gasteiger partial charge in [0, 0.05) is 11.1 Å². The Hall–Kier alpha value is -2.44. The summed E-state index contributed by atoms with van der Waals surface area (Å²) in [4.78, 5) is 24.2. The maximum Gasteiger partial charge on any atom is 0.326 e. The fourth-order valence-corrected chi connectivity index (χ4v) is 4.01. The van der Waals surface area contributed by atoms with E-state index in [0.29, 0.717) is 5.56 Å². The van der Waals surface area contributed by atoms with Crippen LogP contribution in [-0.4, -0.2) is 23.0 Å². The lowest BCUT2D eigenvalue weighted by Gasteiger charge is -2.18. The van der Waals surface area contributed by atoms with Crippen molar-refractivity contribution in [3.63, 3.8) is 0 Å². The van der Waals surface area contributed by atoms with Gasteiger partial charge in [-0.2, -0.15) is 0 Å². The zero-order valence-corrected chi connectivity index (χ0v) is 16.0. The number of carboxylic acid groups (broad SMARTS) is 1. The van der Waals surface area contributed by atoms with Crippen molar-refractivity contribution in [1.82, 2.24) is 5.32 Å². The molecule has 2 N–H and O–H groups in total. The summed E-state index contributed by atoms with van der Waals surface area (Å²) in [5.74, 6) is -2.79. The number of rotatable bonds is 6. The van der Waals surface area contributed by atoms with E-state index in [1.54, 1.807) is 6.92 Å². The summed E-state index contributed by atoms with van der Waals surface area (Å²) in [5.41, 5.74) is 1.39. The van der Waals surface area contributed by atoms with Crippen LogP contribution in [0.2, 0.25) is 5.02 Å². The number of halogens is 2. The number of amides is 1. The molecule has 2 atom stereocenters. The Labute approximate surface area is 164 Å². The van der Waals surface area contributed by atoms with Gasteiger partial charge in [-0.05, 0) is 47.0 Å². The van der Waals surface area contributed by atoms with E-state index in [2.05, 4.69) is 5.32 Å². The molecule has 0 fully saturated rings. The summed E-state index contributed by atoms with van der Waals surface area (Å²) in [7, 11) is 0. The number of carbonyl (C=O) groups is 2. The van der Waals surface area contributed by atoms with Crippen LogP contribution in [-0.2, 0) is 16.0 Å². The number of hydrogen-bond acceptors (Lipinski definition) is 3. The fourth-order valence-electron chi connectivity index (χ4n) is 2.84. The molecule has 1 aromatic heterocycles. The zero-order valence-electron chi connectivity index (χ0n) is 14.4. The molecule has 27 heavy (non-hydrogen) atoms. The highest BCUT2D eigenvalue weighted by atomic mass is 35.5. The van der Waals surface area contributed by atoms with Crippen LogP contribution in [0.3, 0.4) is 0 Å². The molecule has 0 aliphatic heterocycles. The molecule has 0 saturated carbocycles. The zero-order chi connectivity index (χ0) is 19.6. The molecule has 0 spiro atoms. The molecule has 7 heteroatoms. The Morgan fingerprint density at radius 2 is 2.00 bits per heavy atom. The van der Waals surface area contributed by atoms with E-state index >= 15 is 0 Å². The van der Waals surface area contributed by atoms with Crippen molar-refractivity contribution < 1.29 is 19.1 Å². The second-order valence-electron chi connectivity index (χ2n) is 6.26. The van der Waals surface area contributed by atoms with Gasteiger partial charge < -0.3 is 10.4 Å². The first-order valence-corrected chi connectivity index (χ1v) is 9.56. The van der Waals surface area contributed by atoms with Gasteiger partial charge in [0.25, 0.3) is 0 Å². The number of nitrogens with one attached hydrogen (secondary N) is 1. The molecule has 140 valence electrons. The number of fused-ring (bicyclic) bond motifs is 1. The first kappa shape index (κ1) is 19.3. The Morgan fingerprint density at radius 1 is 1.26 bits per heavy atom. The molecule has 2 unspecified atom stereocenters. The summed E-state index contributed by atoms with van der Waals surface area (Å²) in [6.07, 6.45) is 0.183. The van der Waals surface area contributed by atoms with Crippen molar-refractivity contribution in [2.24, 2.45) is 0 Å². The summed E-state index contributed by atoms with van der Waals surface area (Å²) in [5, 5.41) is 14.9. The van der Waals surface area contributed by atoms with Crippen LogP contribution in [0.25, 0.3) is 10.1 Å². The standard InChI is InChI=1S/C20H17ClFNO3S/c1-11(12-6-7-16(22)15(21)8-12)19(24)23-17(20(25)26)9-13-10-27-18-5-3-2-4-14(13)18/h2-8,10-11,17H,9H2,1H3,(H,23,24)(H,25,26). The lowest BCUT2D eigenvalue weighted by Crippen LogP contribution is -2.44. The summed E-state index contributed by atoms with van der Waals surface area (Å²) < 4.78 is 14.4. The largest absolute Gasteiger partial charge is 0.480 e. The molecule has 0 saturated heterocycles. The van der Waals surface area contributed by atoms with Crippen LogP contribution in [0.5, 0.6) is 0 Å². The normalized spacial score (nSPS) is 13.3. The lowest BCUT2D eigenvalue weighted by molar-refractivity contribution is -0.141. The van der Waals surface area contributed by atoms with Crippen LogP contribution in [0.4, 0.5) is 4.39 Å². The molecular formula is C20H17ClFNO3S. The predicted octanol–water partition coefficient (Wildman–Crippen LogP) is 4.61. The number of hydrogen-bond donors (Lipinski definition) is 2. The Morgan fingerprint density at radius 3 is 2.70 bits per heavy atom. The lowest BCUT2D eigenvalue weighted by atomic mass is 9.99. The van der Waals surface area contributed by atoms with Gasteiger partial charge in [0.05, 0.1) is 10.9 Å². The first-order chi connectivity index (χ1) is 12.9. The molecule has 0 aliphatic carbocycles. The number of carbonyl (C=O) groups excluding carboxylic acids is 1. The van der Waals surface area contributed by atoms with E-state index in [1.165, 1.54) is 29.5 Å². The molecule has 3 rings (SSSR count). The number of benzene rings is 2. The first-order valence-electron chi connectivity index (χ1n) is 8.30. The van der Waals surface area contributed by atoms with Crippen molar-refractivity contribution in [3.05, 3.63) is 69.8 Å². The Kier molecular flexibility index (Phi) is 5.77. The Balaban J connectivity index is 1.76. The molecule has 1 amide bonds. The summed E-state index contributed by atoms with van der Waals surface area (Å²) in [6.45, 7) is 1.62. The molecule has 1 heterocycles. The summed E-state index contributed by atoms with van der Waals surface area (Å²) in [6, 6.07) is 10.7. The van der Waals surface area contributed by atoms with Gasteiger partial charge in [-0.3, -0.25) is 4.79 Å². The third-order valence-corrected chi connectivity index (χ3v) is 5.74. The van der Waals surface area contributed by atoms with Gasteiger partial charge in [-0.1, -0.05) is 35.9 Å². The number of aliphatic carboxylic acids is 1. The third-order valence-electron chi connectivity index (χ3n) is 4.44. The van der Waals surface area contributed by atoms with Crippen LogP contribution < -0.4 is 5.32 Å². The van der Waals surface area contributed by atoms with Gasteiger partial charge in [0.2, 0.25) is 5.91 Å². The van der Waals surface area contributed by atoms with Crippen LogP contribution in [0.1, 0.15) is 24.0 Å². The minimum Gasteiger partial charge on any atom is -0.480 e. The second kappa shape index (κ2) is 8.06. The van der Waals surface area contributed by atoms with Crippen LogP contribution in [0.15, 0.2) is 47.8 Å². The van der Waals surface area contributed by atoms with Crippen LogP contribution in [0, 0.1) is 5.82 Å². The van der Waals surface area contributed by atoms with Crippen molar-refractivity contribution in [2.75, 3.05) is 0 Å². The SMILES string of the molecule is CC(C(=O)NC(Cc1csc2ccccc12)C(=O)O)c1ccc(F)c(Cl)c1. The van der Waals surface area contributed by atoms with E-state index in [9.17, 15) is 19.1 Å². The van der Waals surface area contributed by atoms with Crippen molar-refractivity contribution in [2.45, 2.75) is 25.3 Å². The van der Waals surface area contributed by atoms with E-state index in [0.717, 1.165) is 15.6 Å². The van der Waals surface area contributed by atoms with Crippen molar-refractivity contribution >= 4 is 44.9 Å². The maximum atomic E-state index is 13.3. The highest BCUT2D eigenvalue weighted by Gasteiger charge is 2.25. The molecule has 0 aliphatic rings. The van der Waals surface area contributed by atoms with Crippen LogP contribution >= 0.6 is 22.9 Å². The quantitative estimate of drug-likeness (QED) is 0.629. The van der Waals surface area contributed by atoms with Gasteiger partial charge >= 0.3 is 5.97 Å². The summed E-state index contributed by atoms with van der Waals surface area (Å²) >= 11 is 7.31. The van der Waals surface area contributed by atoms with Crippen molar-refractivity contribution in [3.8, 4) is 0 Å². The average Bonchev–Trinajstić information content (AvgIpc) is 3.05. The minimum absolute atomic E-state index is 0.0772. The molecule has 0 bridgehead atoms. The maximum absolute atomic E-state index is 13.3. The fraction of sp³-hybridized carbons (Fsp3) is 0.200. The van der Waals surface area contributed by atoms with E-state index in [4.69, 9.17) is 11.6 Å². The topological polar surface area (TPSA) is 66.4 Å². The minimum atomic E-state index is -1.11. The highest BCUT2D eigenvalue weighted by Crippen LogP contribution is 2.27. The second-order valence-corrected chi connectivity index (χ2v) is 7.57. The number of thiophene rings is 1. The predicted molar refractivity (Wildman–Crippen MR) is 105 cm³/mol. The molecule has 4 nitrogen and oxygen atoms in total. The van der Waals surface area contributed by atoms with Gasteiger partial charge in [0.1, 0.15) is 11.9 Å². The molecule has 2 aromatic carbocycles. The average molecular weight is 406 g/mol. The van der Waals surface area contributed by atoms with Gasteiger partial charge in [-0.15, -0.1) is 11.3 Å². The monoisotopic (exact) mass is 405 g/mol. The molecular weight excluding hydrogens is 389 g/mol. The van der Waals surface area contributed by atoms with Gasteiger partial charge in [-0.25, -0.2) is 9.18 Å². The third kappa shape index (κ3) is 4.28. The number of carboxylic acids is 1. The van der Waals surface area contributed by atoms with E-state index in [-0.39, 0.29) is 11.4 Å². The molecule has 0 radical (unpaired) electrons.